The molecule has 2 aromatic rings. The van der Waals surface area contributed by atoms with Gasteiger partial charge in [-0.15, -0.1) is 0 Å². The van der Waals surface area contributed by atoms with E-state index in [0.717, 1.165) is 5.56 Å². The Morgan fingerprint density at radius 1 is 0.793 bits per heavy atom. The molecule has 0 aliphatic carbocycles. The average Bonchev–Trinajstić information content (AvgIpc) is 2.69. The van der Waals surface area contributed by atoms with E-state index in [1.54, 1.807) is 6.08 Å². The summed E-state index contributed by atoms with van der Waals surface area (Å²) in [6.07, 6.45) is 8.05. The zero-order valence-electron chi connectivity index (χ0n) is 18.2. The lowest BCUT2D eigenvalue weighted by molar-refractivity contribution is -0.114. The van der Waals surface area contributed by atoms with Gasteiger partial charge in [-0.3, -0.25) is 4.79 Å². The molecule has 2 rings (SSSR count). The standard InChI is InChI=1S/C25H31NO.I2/c1-17-13-23(14-18(2)21(17)5)7-8-25(27)10-12-26-11-9-24-15-19(3)22(6)20(4)16-24;1-2/h7-9,11,13-16,26H,10,12H2,1-6H3;/b8-7+,11-9+;. The van der Waals surface area contributed by atoms with Crippen molar-refractivity contribution in [3.8, 4) is 0 Å². The monoisotopic (exact) mass is 615 g/mol. The molecule has 29 heavy (non-hydrogen) atoms. The number of carbonyl (C=O) groups excluding carboxylic acids is 1. The van der Waals surface area contributed by atoms with Crippen LogP contribution in [0.4, 0.5) is 0 Å². The molecule has 0 fully saturated rings. The van der Waals surface area contributed by atoms with Crippen LogP contribution in [0.5, 0.6) is 0 Å². The van der Waals surface area contributed by atoms with Gasteiger partial charge in [0.15, 0.2) is 5.78 Å². The smallest absolute Gasteiger partial charge is 0.157 e. The van der Waals surface area contributed by atoms with Crippen LogP contribution in [0.15, 0.2) is 36.5 Å². The van der Waals surface area contributed by atoms with E-state index in [4.69, 9.17) is 0 Å². The Labute approximate surface area is 199 Å². The molecule has 0 atom stereocenters. The van der Waals surface area contributed by atoms with Crippen LogP contribution in [-0.2, 0) is 4.79 Å². The number of nitrogens with one attached hydrogen (secondary N) is 1. The van der Waals surface area contributed by atoms with Crippen molar-refractivity contribution < 1.29 is 4.79 Å². The maximum Gasteiger partial charge on any atom is 0.157 e. The number of rotatable bonds is 7. The van der Waals surface area contributed by atoms with Crippen LogP contribution in [-0.4, -0.2) is 12.3 Å². The van der Waals surface area contributed by atoms with Gasteiger partial charge in [-0.1, -0.05) is 30.3 Å². The van der Waals surface area contributed by atoms with Gasteiger partial charge in [0.05, 0.1) is 0 Å². The lowest BCUT2D eigenvalue weighted by atomic mass is 10.0. The molecule has 0 aliphatic heterocycles. The van der Waals surface area contributed by atoms with Gasteiger partial charge in [-0.25, -0.2) is 0 Å². The highest BCUT2D eigenvalue weighted by atomic mass is 128. The van der Waals surface area contributed by atoms with Gasteiger partial charge in [0.1, 0.15) is 0 Å². The fourth-order valence-corrected chi connectivity index (χ4v) is 3.04. The average molecular weight is 615 g/mol. The first-order valence-electron chi connectivity index (χ1n) is 9.68. The van der Waals surface area contributed by atoms with Crippen molar-refractivity contribution in [1.82, 2.24) is 5.32 Å². The summed E-state index contributed by atoms with van der Waals surface area (Å²) in [5, 5.41) is 3.21. The maximum atomic E-state index is 12.1. The molecule has 0 aromatic heterocycles. The minimum absolute atomic E-state index is 0.133. The Balaban J connectivity index is 0.00000204. The Kier molecular flexibility index (Phi) is 11.8. The number of benzene rings is 2. The third-order valence-corrected chi connectivity index (χ3v) is 5.27. The topological polar surface area (TPSA) is 29.1 Å². The normalized spacial score (nSPS) is 10.9. The number of allylic oxidation sites excluding steroid dienone is 1. The van der Waals surface area contributed by atoms with Crippen molar-refractivity contribution in [1.29, 1.82) is 0 Å². The van der Waals surface area contributed by atoms with E-state index in [9.17, 15) is 4.79 Å². The van der Waals surface area contributed by atoms with Gasteiger partial charge in [-0.05, 0) is 104 Å². The molecule has 156 valence electrons. The number of ketones is 1. The Hall–Kier alpha value is -1.15. The maximum absolute atomic E-state index is 12.1. The molecule has 2 nitrogen and oxygen atoms in total. The lowest BCUT2D eigenvalue weighted by Crippen LogP contribution is -2.10. The highest BCUT2D eigenvalue weighted by molar-refractivity contribution is 15.0. The molecule has 0 spiro atoms. The first kappa shape index (κ1) is 25.9. The minimum Gasteiger partial charge on any atom is -0.390 e. The first-order valence-corrected chi connectivity index (χ1v) is 16.0. The molecule has 4 heteroatoms. The van der Waals surface area contributed by atoms with Crippen LogP contribution in [0.25, 0.3) is 12.2 Å². The zero-order chi connectivity index (χ0) is 22.0. The number of hydrogen-bond acceptors (Lipinski definition) is 2. The quantitative estimate of drug-likeness (QED) is 0.198. The number of halogens is 2. The summed E-state index contributed by atoms with van der Waals surface area (Å²) in [5.41, 5.74) is 10.0. The lowest BCUT2D eigenvalue weighted by Gasteiger charge is -2.06. The molecule has 0 bridgehead atoms. The highest BCUT2D eigenvalue weighted by Crippen LogP contribution is 2.17. The van der Waals surface area contributed by atoms with Gasteiger partial charge in [0.2, 0.25) is 0 Å². The van der Waals surface area contributed by atoms with Crippen molar-refractivity contribution in [2.24, 2.45) is 0 Å². The number of aryl methyl sites for hydroxylation is 4. The van der Waals surface area contributed by atoms with Crippen molar-refractivity contribution >= 4 is 55.2 Å². The second kappa shape index (κ2) is 13.2. The number of carbonyl (C=O) groups is 1. The molecular weight excluding hydrogens is 584 g/mol. The summed E-state index contributed by atoms with van der Waals surface area (Å²) in [6.45, 7) is 13.4. The minimum atomic E-state index is 0.133. The van der Waals surface area contributed by atoms with Crippen LogP contribution in [0.1, 0.15) is 50.9 Å². The predicted molar refractivity (Wildman–Crippen MR) is 145 cm³/mol. The molecule has 2 aromatic carbocycles. The number of hydrogen-bond donors (Lipinski definition) is 1. The summed E-state index contributed by atoms with van der Waals surface area (Å²) in [6, 6.07) is 8.61. The molecule has 1 N–H and O–H groups in total. The predicted octanol–water partition coefficient (Wildman–Crippen LogP) is 7.54. The summed E-state index contributed by atoms with van der Waals surface area (Å²) in [4.78, 5) is 12.1. The van der Waals surface area contributed by atoms with E-state index >= 15 is 0 Å². The summed E-state index contributed by atoms with van der Waals surface area (Å²) in [7, 11) is 0. The van der Waals surface area contributed by atoms with Crippen LogP contribution in [0, 0.1) is 41.5 Å². The zero-order valence-corrected chi connectivity index (χ0v) is 22.5. The van der Waals surface area contributed by atoms with Gasteiger partial charge in [-0.2, -0.15) is 0 Å². The Morgan fingerprint density at radius 2 is 1.21 bits per heavy atom. The van der Waals surface area contributed by atoms with Gasteiger partial charge >= 0.3 is 0 Å². The van der Waals surface area contributed by atoms with E-state index in [0.29, 0.717) is 13.0 Å². The van der Waals surface area contributed by atoms with Gasteiger partial charge in [0, 0.05) is 50.2 Å². The van der Waals surface area contributed by atoms with Crippen molar-refractivity contribution in [3.05, 3.63) is 81.0 Å². The van der Waals surface area contributed by atoms with Crippen molar-refractivity contribution in [2.75, 3.05) is 6.54 Å². The SMILES string of the molecule is Cc1cc(/C=C/NCCC(=O)/C=C/c2cc(C)c(C)c(C)c2)cc(C)c1C.II. The molecule has 0 radical (unpaired) electrons. The largest absolute Gasteiger partial charge is 0.390 e. The van der Waals surface area contributed by atoms with E-state index in [2.05, 4.69) is 114 Å². The summed E-state index contributed by atoms with van der Waals surface area (Å²) < 4.78 is 0. The van der Waals surface area contributed by atoms with E-state index in [-0.39, 0.29) is 5.78 Å². The van der Waals surface area contributed by atoms with Gasteiger partial charge < -0.3 is 5.32 Å². The second-order valence-corrected chi connectivity index (χ2v) is 7.40. The molecule has 0 heterocycles. The molecule has 0 amide bonds. The van der Waals surface area contributed by atoms with Crippen molar-refractivity contribution in [2.45, 2.75) is 48.0 Å². The van der Waals surface area contributed by atoms with Crippen LogP contribution < -0.4 is 5.32 Å². The van der Waals surface area contributed by atoms with E-state index in [1.165, 1.54) is 38.9 Å². The second-order valence-electron chi connectivity index (χ2n) is 7.40. The first-order chi connectivity index (χ1) is 13.8. The highest BCUT2D eigenvalue weighted by Gasteiger charge is 2.01. The fourth-order valence-electron chi connectivity index (χ4n) is 3.04. The van der Waals surface area contributed by atoms with Crippen LogP contribution in [0.3, 0.4) is 0 Å². The Morgan fingerprint density at radius 3 is 1.66 bits per heavy atom. The van der Waals surface area contributed by atoms with E-state index < -0.39 is 0 Å². The molecule has 0 saturated carbocycles. The van der Waals surface area contributed by atoms with Crippen LogP contribution >= 0.6 is 37.2 Å². The van der Waals surface area contributed by atoms with Crippen molar-refractivity contribution in [3.63, 3.8) is 0 Å². The Bertz CT molecular complexity index is 852. The summed E-state index contributed by atoms with van der Waals surface area (Å²) >= 11 is 4.24. The molecule has 0 saturated heterocycles. The fraction of sp³-hybridized carbons (Fsp3) is 0.320. The molecule has 0 unspecified atom stereocenters. The van der Waals surface area contributed by atoms with E-state index in [1.807, 2.05) is 12.3 Å². The molecular formula is C25H31I2NO. The van der Waals surface area contributed by atoms with Gasteiger partial charge in [0.25, 0.3) is 0 Å². The third-order valence-electron chi connectivity index (χ3n) is 5.27. The molecule has 0 aliphatic rings. The summed E-state index contributed by atoms with van der Waals surface area (Å²) in [5.74, 6) is 0.133. The van der Waals surface area contributed by atoms with Crippen LogP contribution in [0.2, 0.25) is 0 Å². The third kappa shape index (κ3) is 8.62.